The zero-order valence-corrected chi connectivity index (χ0v) is 28.6. The van der Waals surface area contributed by atoms with Gasteiger partial charge >= 0.3 is 0 Å². The average molecular weight is 668 g/mol. The third-order valence-corrected chi connectivity index (χ3v) is 11.3. The Kier molecular flexibility index (Phi) is 9.67. The monoisotopic (exact) mass is 667 g/mol. The fraction of sp³-hybridized carbons (Fsp3) is 0.686. The van der Waals surface area contributed by atoms with Gasteiger partial charge < -0.3 is 35.0 Å². The molecule has 2 amide bonds. The third-order valence-electron chi connectivity index (χ3n) is 11.3. The molecule has 4 heterocycles. The number of aliphatic hydroxyl groups is 2. The average Bonchev–Trinajstić information content (AvgIpc) is 3.33. The molecule has 3 aliphatic heterocycles. The van der Waals surface area contributed by atoms with E-state index in [1.54, 1.807) is 4.90 Å². The van der Waals surface area contributed by atoms with Gasteiger partial charge in [-0.25, -0.2) is 9.37 Å². The lowest BCUT2D eigenvalue weighted by Gasteiger charge is -2.54. The van der Waals surface area contributed by atoms with Crippen LogP contribution < -0.4 is 15.0 Å². The summed E-state index contributed by atoms with van der Waals surface area (Å²) in [5.74, 6) is 0.486. The molecule has 0 bridgehead atoms. The maximum Gasteiger partial charge on any atom is 0.282 e. The van der Waals surface area contributed by atoms with E-state index in [0.29, 0.717) is 18.2 Å². The van der Waals surface area contributed by atoms with Crippen molar-refractivity contribution in [2.24, 2.45) is 16.7 Å². The highest BCUT2D eigenvalue weighted by Gasteiger charge is 2.54. The minimum Gasteiger partial charge on any atom is -0.434 e. The van der Waals surface area contributed by atoms with E-state index in [-0.39, 0.29) is 65.3 Å². The highest BCUT2D eigenvalue weighted by atomic mass is 19.1. The van der Waals surface area contributed by atoms with Crippen LogP contribution in [0.5, 0.6) is 11.6 Å². The smallest absolute Gasteiger partial charge is 0.282 e. The molecule has 0 unspecified atom stereocenters. The van der Waals surface area contributed by atoms with Crippen LogP contribution in [0.2, 0.25) is 0 Å². The molecule has 0 radical (unpaired) electrons. The van der Waals surface area contributed by atoms with Crippen molar-refractivity contribution in [2.45, 2.75) is 90.3 Å². The number of carbonyl (C=O) groups excluding carboxylic acids is 2. The summed E-state index contributed by atoms with van der Waals surface area (Å²) in [6.07, 6.45) is 7.89. The highest BCUT2D eigenvalue weighted by Crippen LogP contribution is 2.47. The minimum atomic E-state index is -1.05. The van der Waals surface area contributed by atoms with Gasteiger partial charge in [0, 0.05) is 42.7 Å². The predicted octanol–water partition coefficient (Wildman–Crippen LogP) is 3.38. The van der Waals surface area contributed by atoms with Crippen molar-refractivity contribution < 1.29 is 28.9 Å². The zero-order chi connectivity index (χ0) is 34.3. The molecular weight excluding hydrogens is 617 g/mol. The Bertz CT molecular complexity index is 1470. The number of ether oxygens (including phenoxy) is 1. The van der Waals surface area contributed by atoms with Crippen molar-refractivity contribution in [1.29, 1.82) is 0 Å². The van der Waals surface area contributed by atoms with Crippen LogP contribution in [-0.4, -0.2) is 111 Å². The summed E-state index contributed by atoms with van der Waals surface area (Å²) < 4.78 is 20.5. The van der Waals surface area contributed by atoms with Gasteiger partial charge in [-0.2, -0.15) is 0 Å². The Labute approximate surface area is 282 Å². The molecule has 2 aromatic rings. The first kappa shape index (κ1) is 34.4. The van der Waals surface area contributed by atoms with E-state index in [4.69, 9.17) is 4.74 Å². The van der Waals surface area contributed by atoms with Crippen molar-refractivity contribution >= 4 is 17.6 Å². The molecule has 6 rings (SSSR count). The summed E-state index contributed by atoms with van der Waals surface area (Å²) in [7, 11) is 0. The summed E-state index contributed by atoms with van der Waals surface area (Å²) in [4.78, 5) is 37.0. The maximum absolute atomic E-state index is 14.4. The second kappa shape index (κ2) is 13.5. The van der Waals surface area contributed by atoms with Crippen molar-refractivity contribution in [3.63, 3.8) is 0 Å². The van der Waals surface area contributed by atoms with Crippen LogP contribution in [0, 0.1) is 22.6 Å². The number of benzene rings is 1. The molecule has 1 aromatic heterocycles. The number of carbonyl (C=O) groups is 2. The van der Waals surface area contributed by atoms with E-state index in [9.17, 15) is 24.2 Å². The van der Waals surface area contributed by atoms with Crippen molar-refractivity contribution in [3.05, 3.63) is 35.9 Å². The number of nitrogens with one attached hydrogen (secondary N) is 1. The van der Waals surface area contributed by atoms with Crippen LogP contribution in [0.3, 0.4) is 0 Å². The Balaban J connectivity index is 1.03. The molecule has 48 heavy (non-hydrogen) atoms. The minimum absolute atomic E-state index is 0.0807. The van der Waals surface area contributed by atoms with Gasteiger partial charge in [-0.3, -0.25) is 9.59 Å². The Morgan fingerprint density at radius 1 is 1.08 bits per heavy atom. The van der Waals surface area contributed by atoms with E-state index < -0.39 is 11.2 Å². The number of aromatic nitrogens is 3. The van der Waals surface area contributed by atoms with Crippen LogP contribution in [0.4, 0.5) is 10.2 Å². The van der Waals surface area contributed by atoms with Gasteiger partial charge in [0.25, 0.3) is 11.8 Å². The number of halogens is 1. The molecule has 4 fully saturated rings. The first-order valence-electron chi connectivity index (χ1n) is 17.4. The second-order valence-corrected chi connectivity index (χ2v) is 15.3. The normalized spacial score (nSPS) is 25.1. The van der Waals surface area contributed by atoms with Gasteiger partial charge in [-0.1, -0.05) is 0 Å². The maximum atomic E-state index is 14.4. The van der Waals surface area contributed by atoms with E-state index in [2.05, 4.69) is 30.3 Å². The molecule has 13 heteroatoms. The fourth-order valence-corrected chi connectivity index (χ4v) is 8.58. The second-order valence-electron chi connectivity index (χ2n) is 15.3. The first-order chi connectivity index (χ1) is 22.9. The van der Waals surface area contributed by atoms with Crippen LogP contribution in [0.1, 0.15) is 83.0 Å². The number of piperidine rings is 1. The van der Waals surface area contributed by atoms with Crippen molar-refractivity contribution in [1.82, 2.24) is 30.3 Å². The number of hydrogen-bond acceptors (Lipinski definition) is 10. The summed E-state index contributed by atoms with van der Waals surface area (Å²) in [5, 5.41) is 30.9. The topological polar surface area (TPSA) is 144 Å². The first-order valence-corrected chi connectivity index (χ1v) is 17.4. The van der Waals surface area contributed by atoms with Gasteiger partial charge in [-0.15, -0.1) is 10.2 Å². The van der Waals surface area contributed by atoms with Gasteiger partial charge in [0.15, 0.2) is 5.82 Å². The predicted molar refractivity (Wildman–Crippen MR) is 177 cm³/mol. The third kappa shape index (κ3) is 6.60. The van der Waals surface area contributed by atoms with Gasteiger partial charge in [0.05, 0.1) is 24.2 Å². The molecule has 4 aliphatic rings. The van der Waals surface area contributed by atoms with Gasteiger partial charge in [0.2, 0.25) is 5.91 Å². The van der Waals surface area contributed by atoms with Crippen molar-refractivity contribution in [3.8, 4) is 11.6 Å². The molecular formula is C35H50FN7O5. The Hall–Kier alpha value is -3.42. The van der Waals surface area contributed by atoms with Gasteiger partial charge in [0.1, 0.15) is 17.9 Å². The summed E-state index contributed by atoms with van der Waals surface area (Å²) in [6, 6.07) is 3.78. The van der Waals surface area contributed by atoms with Crippen LogP contribution >= 0.6 is 0 Å². The molecule has 3 saturated heterocycles. The van der Waals surface area contributed by atoms with Gasteiger partial charge in [-0.05, 0) is 110 Å². The summed E-state index contributed by atoms with van der Waals surface area (Å²) >= 11 is 0. The van der Waals surface area contributed by atoms with Crippen LogP contribution in [0.25, 0.3) is 0 Å². The van der Waals surface area contributed by atoms with E-state index in [1.165, 1.54) is 24.5 Å². The molecule has 0 atom stereocenters. The molecule has 12 nitrogen and oxygen atoms in total. The van der Waals surface area contributed by atoms with E-state index >= 15 is 0 Å². The fourth-order valence-electron chi connectivity index (χ4n) is 8.58. The summed E-state index contributed by atoms with van der Waals surface area (Å²) in [5.41, 5.74) is -1.03. The number of amides is 2. The zero-order valence-electron chi connectivity index (χ0n) is 28.6. The summed E-state index contributed by atoms with van der Waals surface area (Å²) in [6.45, 7) is 11.8. The van der Waals surface area contributed by atoms with Crippen LogP contribution in [-0.2, 0) is 4.79 Å². The number of likely N-dealkylation sites (tertiary alicyclic amines) is 1. The lowest BCUT2D eigenvalue weighted by molar-refractivity contribution is -0.132. The molecule has 1 aliphatic carbocycles. The number of hydrogen-bond donors (Lipinski definition) is 3. The number of nitrogens with zero attached hydrogens (tertiary/aromatic N) is 6. The quantitative estimate of drug-likeness (QED) is 0.345. The van der Waals surface area contributed by atoms with E-state index in [0.717, 1.165) is 71.2 Å². The molecule has 1 aromatic carbocycles. The lowest BCUT2D eigenvalue weighted by Crippen LogP contribution is -2.61. The Morgan fingerprint density at radius 3 is 2.35 bits per heavy atom. The molecule has 1 saturated carbocycles. The van der Waals surface area contributed by atoms with Crippen LogP contribution in [0.15, 0.2) is 24.5 Å². The molecule has 2 spiro atoms. The molecule has 262 valence electrons. The Morgan fingerprint density at radius 2 is 1.75 bits per heavy atom. The molecule has 3 N–H and O–H groups in total. The number of anilines is 1. The standard InChI is InChI=1S/C35H50FN7O5/c1-23(2)43(24(3)4)31(46)27-15-26(36)5-6-28(27)48-30-29(37-22-38-40-30)42-18-33(19-42)11-13-41(14-12-33)16-25-7-9-35(10-8-25)17-34(20-44,21-45)32(47)39-35/h5-6,15,22-25,44-45H,7-14,16-21H2,1-4H3,(H,39,47)/t25-,35-. The number of aliphatic hydroxyl groups excluding tert-OH is 2. The highest BCUT2D eigenvalue weighted by molar-refractivity contribution is 5.97. The SMILES string of the molecule is CC(C)N(C(=O)c1cc(F)ccc1Oc1nncnc1N1CC2(CCN(C[C@H]3CC[C@]4(CC3)CC(CO)(CO)C(=O)N4)CC2)C1)C(C)C. The lowest BCUT2D eigenvalue weighted by atomic mass is 9.70. The van der Waals surface area contributed by atoms with E-state index in [1.807, 2.05) is 27.7 Å². The number of rotatable bonds is 10. The largest absolute Gasteiger partial charge is 0.434 e. The van der Waals surface area contributed by atoms with Crippen molar-refractivity contribution in [2.75, 3.05) is 50.8 Å².